The zero-order chi connectivity index (χ0) is 22.9. The summed E-state index contributed by atoms with van der Waals surface area (Å²) in [5.74, 6) is -0.0655. The number of aromatic nitrogens is 2. The Morgan fingerprint density at radius 1 is 1.09 bits per heavy atom. The first-order valence-corrected chi connectivity index (χ1v) is 11.1. The average molecular weight is 491 g/mol. The Labute approximate surface area is 233 Å². The summed E-state index contributed by atoms with van der Waals surface area (Å²) in [7, 11) is -4.00. The van der Waals surface area contributed by atoms with E-state index < -0.39 is 20.9 Å². The third-order valence-electron chi connectivity index (χ3n) is 4.97. The molecule has 0 atom stereocenters. The second kappa shape index (κ2) is 10.2. The number of carbonyl (C=O) groups excluding carboxylic acids is 1. The summed E-state index contributed by atoms with van der Waals surface area (Å²) >= 11 is 0. The summed E-state index contributed by atoms with van der Waals surface area (Å²) in [6, 6.07) is 18.6. The van der Waals surface area contributed by atoms with E-state index in [1.165, 1.54) is 30.3 Å². The van der Waals surface area contributed by atoms with E-state index in [2.05, 4.69) is 9.71 Å². The largest absolute Gasteiger partial charge is 1.00 e. The maximum absolute atomic E-state index is 12.7. The first-order valence-electron chi connectivity index (χ1n) is 9.57. The first-order chi connectivity index (χ1) is 15.2. The van der Waals surface area contributed by atoms with E-state index in [0.717, 1.165) is 5.56 Å². The second-order valence-electron chi connectivity index (χ2n) is 7.12. The summed E-state index contributed by atoms with van der Waals surface area (Å²) in [5.41, 5.74) is 2.28. The van der Waals surface area contributed by atoms with Crippen LogP contribution in [0.2, 0.25) is 0 Å². The Hall–Kier alpha value is -2.41. The third kappa shape index (κ3) is 5.57. The minimum atomic E-state index is -4.00. The van der Waals surface area contributed by atoms with E-state index in [4.69, 9.17) is 0 Å². The molecule has 1 aromatic heterocycles. The van der Waals surface area contributed by atoms with Crippen LogP contribution >= 0.6 is 0 Å². The molecule has 0 spiro atoms. The van der Waals surface area contributed by atoms with Gasteiger partial charge in [0.1, 0.15) is 5.82 Å². The number of rotatable bonds is 6. The molecule has 0 unspecified atom stereocenters. The van der Waals surface area contributed by atoms with Crippen molar-refractivity contribution in [3.63, 3.8) is 0 Å². The van der Waals surface area contributed by atoms with Crippen LogP contribution in [0.3, 0.4) is 0 Å². The van der Waals surface area contributed by atoms with Crippen molar-refractivity contribution in [2.75, 3.05) is 0 Å². The van der Waals surface area contributed by atoms with Gasteiger partial charge in [-0.15, -0.1) is 0 Å². The van der Waals surface area contributed by atoms with E-state index in [9.17, 15) is 23.3 Å². The number of nitro groups is 1. The molecule has 0 aliphatic rings. The van der Waals surface area contributed by atoms with Crippen molar-refractivity contribution in [1.29, 1.82) is 0 Å². The Kier molecular flexibility index (Phi) is 7.83. The summed E-state index contributed by atoms with van der Waals surface area (Å²) in [5, 5.41) is 10.9. The number of imidazole rings is 1. The number of benzene rings is 3. The van der Waals surface area contributed by atoms with Crippen LogP contribution in [0.25, 0.3) is 11.0 Å². The van der Waals surface area contributed by atoms with Gasteiger partial charge in [0.05, 0.1) is 20.9 Å². The van der Waals surface area contributed by atoms with E-state index in [0.29, 0.717) is 23.4 Å². The van der Waals surface area contributed by atoms with Crippen LogP contribution in [0.1, 0.15) is 23.2 Å². The number of non-ortho nitro benzene ring substituents is 1. The fraction of sp³-hybridized carbons (Fsp3) is 0.0909. The molecular formula is C22H19KN4O5S. The number of hydrogen-bond acceptors (Lipinski definition) is 6. The number of sulfonamides is 1. The zero-order valence-corrected chi connectivity index (χ0v) is 21.9. The molecule has 33 heavy (non-hydrogen) atoms. The maximum atomic E-state index is 12.7. The molecule has 0 saturated heterocycles. The van der Waals surface area contributed by atoms with Gasteiger partial charge in [0, 0.05) is 24.2 Å². The molecule has 0 aliphatic heterocycles. The van der Waals surface area contributed by atoms with Crippen molar-refractivity contribution in [2.24, 2.45) is 0 Å². The van der Waals surface area contributed by atoms with Gasteiger partial charge in [-0.05, 0) is 42.8 Å². The third-order valence-corrected chi connectivity index (χ3v) is 6.32. The van der Waals surface area contributed by atoms with Crippen LogP contribution < -0.4 is 56.1 Å². The van der Waals surface area contributed by atoms with Crippen molar-refractivity contribution in [3.8, 4) is 0 Å². The Morgan fingerprint density at radius 3 is 2.39 bits per heavy atom. The molecule has 0 saturated carbocycles. The van der Waals surface area contributed by atoms with Gasteiger partial charge in [-0.2, -0.15) is 0 Å². The predicted molar refractivity (Wildman–Crippen MR) is 119 cm³/mol. The van der Waals surface area contributed by atoms with Gasteiger partial charge in [-0.1, -0.05) is 30.3 Å². The van der Waals surface area contributed by atoms with E-state index in [1.807, 2.05) is 11.5 Å². The molecule has 1 N–H and O–H groups in total. The molecule has 11 heteroatoms. The maximum Gasteiger partial charge on any atom is 1.00 e. The van der Waals surface area contributed by atoms with Crippen molar-refractivity contribution in [3.05, 3.63) is 99.9 Å². The Bertz CT molecular complexity index is 1440. The molecule has 9 nitrogen and oxygen atoms in total. The number of aryl methyl sites for hydroxylation is 1. The average Bonchev–Trinajstić information content (AvgIpc) is 3.08. The van der Waals surface area contributed by atoms with Crippen molar-refractivity contribution in [2.45, 2.75) is 18.4 Å². The molecule has 1 heterocycles. The van der Waals surface area contributed by atoms with Gasteiger partial charge >= 0.3 is 51.4 Å². The molecule has 0 bridgehead atoms. The van der Waals surface area contributed by atoms with Crippen LogP contribution in [0.15, 0.2) is 77.7 Å². The fourth-order valence-electron chi connectivity index (χ4n) is 3.33. The van der Waals surface area contributed by atoms with Crippen LogP contribution in [0.4, 0.5) is 5.69 Å². The first kappa shape index (κ1) is 25.2. The number of hydrogen-bond donors (Lipinski definition) is 1. The number of nitro benzene ring substituents is 1. The van der Waals surface area contributed by atoms with Crippen LogP contribution in [-0.4, -0.2) is 28.8 Å². The molecule has 4 aromatic rings. The van der Waals surface area contributed by atoms with Gasteiger partial charge in [0.2, 0.25) is 0 Å². The van der Waals surface area contributed by atoms with Crippen molar-refractivity contribution >= 4 is 32.7 Å². The molecule has 4 rings (SSSR count). The van der Waals surface area contributed by atoms with Crippen LogP contribution in [0.5, 0.6) is 0 Å². The van der Waals surface area contributed by atoms with E-state index in [1.54, 1.807) is 42.5 Å². The fourth-order valence-corrected chi connectivity index (χ4v) is 4.32. The van der Waals surface area contributed by atoms with Crippen LogP contribution in [0, 0.1) is 17.0 Å². The quantitative estimate of drug-likeness (QED) is 0.239. The molecule has 0 fully saturated rings. The molecule has 0 radical (unpaired) electrons. The van der Waals surface area contributed by atoms with Gasteiger partial charge < -0.3 is 5.99 Å². The predicted octanol–water partition coefficient (Wildman–Crippen LogP) is 0.536. The van der Waals surface area contributed by atoms with E-state index >= 15 is 0 Å². The molecule has 0 aliphatic carbocycles. The minimum absolute atomic E-state index is 0. The SMILES string of the molecule is Cc1nc2ccc(C(=O)NS(=O)(=O)c3ccccc3)cc2n1Cc1ccc([N+](=O)[O-])cc1.[H-].[K+]. The smallest absolute Gasteiger partial charge is 1.00 e. The summed E-state index contributed by atoms with van der Waals surface area (Å²) < 4.78 is 28.9. The molecule has 3 aromatic carbocycles. The molecular weight excluding hydrogens is 471 g/mol. The molecule has 1 amide bonds. The zero-order valence-electron chi connectivity index (χ0n) is 18.9. The second-order valence-corrected chi connectivity index (χ2v) is 8.80. The van der Waals surface area contributed by atoms with Crippen LogP contribution in [-0.2, 0) is 16.6 Å². The molecule has 164 valence electrons. The Morgan fingerprint density at radius 2 is 1.76 bits per heavy atom. The Balaban J connectivity index is 0.00000204. The van der Waals surface area contributed by atoms with Gasteiger partial charge in [0.25, 0.3) is 21.6 Å². The van der Waals surface area contributed by atoms with Gasteiger partial charge in [-0.25, -0.2) is 18.1 Å². The number of nitrogens with one attached hydrogen (secondary N) is 1. The number of fused-ring (bicyclic) bond motifs is 1. The summed E-state index contributed by atoms with van der Waals surface area (Å²) in [6.45, 7) is 2.19. The summed E-state index contributed by atoms with van der Waals surface area (Å²) in [4.78, 5) is 27.5. The summed E-state index contributed by atoms with van der Waals surface area (Å²) in [6.07, 6.45) is 0. The van der Waals surface area contributed by atoms with Crippen molar-refractivity contribution in [1.82, 2.24) is 14.3 Å². The number of nitrogens with zero attached hydrogens (tertiary/aromatic N) is 3. The van der Waals surface area contributed by atoms with Gasteiger partial charge in [-0.3, -0.25) is 14.9 Å². The monoisotopic (exact) mass is 490 g/mol. The van der Waals surface area contributed by atoms with Crippen molar-refractivity contribution < 1.29 is 70.9 Å². The standard InChI is InChI=1S/C22H18N4O5S.K.H/c1-15-23-20-12-9-17(22(27)24-32(30,31)19-5-3-2-4-6-19)13-21(20)25(15)14-16-7-10-18(11-8-16)26(28)29;;/h2-13H,14H2,1H3,(H,24,27);;/q;+1;-1. The normalized spacial score (nSPS) is 11.1. The topological polar surface area (TPSA) is 124 Å². The minimum Gasteiger partial charge on any atom is -1.00 e. The van der Waals surface area contributed by atoms with E-state index in [-0.39, 0.29) is 69.0 Å². The number of carbonyl (C=O) groups is 1. The van der Waals surface area contributed by atoms with Gasteiger partial charge in [0.15, 0.2) is 0 Å². The number of amides is 1.